The Bertz CT molecular complexity index is 2780. The van der Waals surface area contributed by atoms with E-state index in [0.717, 1.165) is 67.8 Å². The van der Waals surface area contributed by atoms with E-state index < -0.39 is 0 Å². The molecule has 2 atom stereocenters. The number of nitrogens with zero attached hydrogens (tertiary/aromatic N) is 2. The first-order valence-electron chi connectivity index (χ1n) is 24.3. The Balaban J connectivity index is 1.25. The molecule has 4 aliphatic carbocycles. The van der Waals surface area contributed by atoms with Crippen LogP contribution in [0.3, 0.4) is 0 Å². The summed E-state index contributed by atoms with van der Waals surface area (Å²) in [7, 11) is 0. The lowest BCUT2D eigenvalue weighted by Gasteiger charge is -2.50. The summed E-state index contributed by atoms with van der Waals surface area (Å²) in [4.78, 5) is 5.49. The van der Waals surface area contributed by atoms with Crippen molar-refractivity contribution in [2.45, 2.75) is 205 Å². The zero-order valence-electron chi connectivity index (χ0n) is 40.3. The molecule has 12 rings (SSSR count). The van der Waals surface area contributed by atoms with Crippen LogP contribution in [0.25, 0.3) is 11.1 Å². The summed E-state index contributed by atoms with van der Waals surface area (Å²) in [6.07, 6.45) is 13.6. The van der Waals surface area contributed by atoms with Crippen molar-refractivity contribution in [3.05, 3.63) is 82.2 Å². The summed E-state index contributed by atoms with van der Waals surface area (Å²) < 4.78 is 22.2. The number of para-hydroxylation sites is 1. The Morgan fingerprint density at radius 3 is 1.79 bits per heavy atom. The number of hydrogen-bond donors (Lipinski definition) is 0. The molecule has 0 amide bonds. The predicted molar refractivity (Wildman–Crippen MR) is 257 cm³/mol. The van der Waals surface area contributed by atoms with Crippen LogP contribution in [-0.2, 0) is 37.9 Å². The summed E-state index contributed by atoms with van der Waals surface area (Å²) in [6, 6.07) is 14.6. The fourth-order valence-corrected chi connectivity index (χ4v) is 14.6. The van der Waals surface area contributed by atoms with E-state index in [9.17, 15) is 0 Å². The maximum absolute atomic E-state index is 7.67. The van der Waals surface area contributed by atoms with Crippen molar-refractivity contribution in [1.29, 1.82) is 0 Å². The third kappa shape index (κ3) is 4.63. The average molecular weight is 829 g/mol. The van der Waals surface area contributed by atoms with Gasteiger partial charge in [-0.1, -0.05) is 121 Å². The molecule has 2 aromatic carbocycles. The first-order valence-corrected chi connectivity index (χ1v) is 24.3. The molecule has 324 valence electrons. The van der Waals surface area contributed by atoms with E-state index in [1.165, 1.54) is 92.3 Å². The van der Waals surface area contributed by atoms with Crippen LogP contribution in [0.1, 0.15) is 201 Å². The SMILES string of the molecule is CC1(C)CCC(C)(C)c2c(N3c4cc(N5c6ccccc6C6(C)CCCCC56C)cc5c4B(c4oc6c(c4-5)C(C)(C)CCC6(C)C)c4oc5c(c43)C(C)(C)CCC5(C)C)coc21. The quantitative estimate of drug-likeness (QED) is 0.162. The normalized spacial score (nSPS) is 28.0. The third-order valence-electron chi connectivity index (χ3n) is 18.8. The van der Waals surface area contributed by atoms with Gasteiger partial charge in [-0.2, -0.15) is 0 Å². The highest BCUT2D eigenvalue weighted by atomic mass is 16.4. The molecule has 0 bridgehead atoms. The Labute approximate surface area is 371 Å². The Hall–Kier alpha value is -4.06. The van der Waals surface area contributed by atoms with E-state index >= 15 is 0 Å². The monoisotopic (exact) mass is 829 g/mol. The molecule has 0 N–H and O–H groups in total. The first-order chi connectivity index (χ1) is 29.0. The maximum atomic E-state index is 7.67. The van der Waals surface area contributed by atoms with E-state index in [0.29, 0.717) is 0 Å². The van der Waals surface area contributed by atoms with Crippen LogP contribution in [0.15, 0.2) is 55.9 Å². The minimum absolute atomic E-state index is 0.0396. The summed E-state index contributed by atoms with van der Waals surface area (Å²) in [5.74, 6) is 3.48. The lowest BCUT2D eigenvalue weighted by Crippen LogP contribution is -2.55. The fourth-order valence-electron chi connectivity index (χ4n) is 14.6. The molecule has 5 aromatic rings. The molecular weight excluding hydrogens is 759 g/mol. The number of rotatable bonds is 2. The molecule has 2 unspecified atom stereocenters. The van der Waals surface area contributed by atoms with Gasteiger partial charge in [0.1, 0.15) is 29.2 Å². The fraction of sp³-hybridized carbons (Fsp3) is 0.571. The van der Waals surface area contributed by atoms with Crippen molar-refractivity contribution < 1.29 is 13.3 Å². The van der Waals surface area contributed by atoms with Crippen LogP contribution in [0.2, 0.25) is 0 Å². The molecule has 62 heavy (non-hydrogen) atoms. The van der Waals surface area contributed by atoms with Gasteiger partial charge in [0, 0.05) is 61.0 Å². The van der Waals surface area contributed by atoms with E-state index in [1.807, 2.05) is 0 Å². The van der Waals surface area contributed by atoms with Crippen LogP contribution in [0, 0.1) is 0 Å². The molecule has 6 heteroatoms. The van der Waals surface area contributed by atoms with E-state index in [-0.39, 0.29) is 50.2 Å². The van der Waals surface area contributed by atoms with Crippen molar-refractivity contribution in [3.63, 3.8) is 0 Å². The number of fused-ring (bicyclic) bond motifs is 13. The molecule has 1 saturated carbocycles. The summed E-state index contributed by atoms with van der Waals surface area (Å²) in [6.45, 7) is 34.2. The van der Waals surface area contributed by atoms with Crippen LogP contribution in [0.4, 0.5) is 28.4 Å². The van der Waals surface area contributed by atoms with Crippen LogP contribution < -0.4 is 26.6 Å². The van der Waals surface area contributed by atoms with E-state index in [2.05, 4.69) is 149 Å². The van der Waals surface area contributed by atoms with Crippen molar-refractivity contribution in [2.24, 2.45) is 0 Å². The highest BCUT2D eigenvalue weighted by Crippen LogP contribution is 2.64. The summed E-state index contributed by atoms with van der Waals surface area (Å²) >= 11 is 0. The zero-order valence-corrected chi connectivity index (χ0v) is 40.3. The van der Waals surface area contributed by atoms with Gasteiger partial charge in [-0.25, -0.2) is 0 Å². The highest BCUT2D eigenvalue weighted by Gasteiger charge is 2.60. The number of furan rings is 3. The average Bonchev–Trinajstić information content (AvgIpc) is 4.01. The molecule has 5 nitrogen and oxygen atoms in total. The van der Waals surface area contributed by atoms with Crippen molar-refractivity contribution in [1.82, 2.24) is 0 Å². The van der Waals surface area contributed by atoms with E-state index in [1.54, 1.807) is 0 Å². The minimum atomic E-state index is -0.140. The largest absolute Gasteiger partial charge is 0.474 e. The molecule has 3 aromatic heterocycles. The van der Waals surface area contributed by atoms with Crippen LogP contribution in [0.5, 0.6) is 0 Å². The molecule has 0 saturated heterocycles. The summed E-state index contributed by atoms with van der Waals surface area (Å²) in [5.41, 5.74) is 17.6. The van der Waals surface area contributed by atoms with Gasteiger partial charge in [-0.15, -0.1) is 0 Å². The predicted octanol–water partition coefficient (Wildman–Crippen LogP) is 13.5. The van der Waals surface area contributed by atoms with Gasteiger partial charge < -0.3 is 23.1 Å². The van der Waals surface area contributed by atoms with Gasteiger partial charge in [0.05, 0.1) is 22.6 Å². The lowest BCUT2D eigenvalue weighted by molar-refractivity contribution is 0.195. The standard InChI is InChI=1S/C56H69BN2O3/c1-49(2)23-26-52(7,8)44-39(49)37(31-60-44)58-36-30-32(59-35-20-16-15-19-34(35)55(13)21-17-18-22-56(55,59)14)29-33-38-40-45(53(9,10)27-24-50(40,3)4)61-47(38)57(42(33)36)48-43(58)41-46(62-48)54(11,12)28-25-51(41,5)6/h15-16,19-20,29-31H,17-18,21-28H2,1-14H3. The Kier molecular flexibility index (Phi) is 7.40. The van der Waals surface area contributed by atoms with Gasteiger partial charge in [0.2, 0.25) is 0 Å². The van der Waals surface area contributed by atoms with Crippen molar-refractivity contribution in [3.8, 4) is 11.1 Å². The van der Waals surface area contributed by atoms with Crippen molar-refractivity contribution in [2.75, 3.05) is 9.80 Å². The third-order valence-corrected chi connectivity index (χ3v) is 18.8. The molecule has 6 heterocycles. The zero-order chi connectivity index (χ0) is 43.7. The second-order valence-electron chi connectivity index (χ2n) is 25.6. The molecule has 7 aliphatic rings. The molecular formula is C56H69BN2O3. The second-order valence-corrected chi connectivity index (χ2v) is 25.6. The molecule has 1 fully saturated rings. The Morgan fingerprint density at radius 1 is 0.532 bits per heavy atom. The van der Waals surface area contributed by atoms with Crippen LogP contribution in [-0.4, -0.2) is 12.3 Å². The number of hydrogen-bond acceptors (Lipinski definition) is 5. The highest BCUT2D eigenvalue weighted by molar-refractivity contribution is 7.00. The first kappa shape index (κ1) is 39.5. The van der Waals surface area contributed by atoms with Crippen LogP contribution >= 0.6 is 0 Å². The molecule has 0 radical (unpaired) electrons. The smallest absolute Gasteiger partial charge is 0.338 e. The van der Waals surface area contributed by atoms with Gasteiger partial charge >= 0.3 is 6.71 Å². The number of benzene rings is 2. The topological polar surface area (TPSA) is 45.9 Å². The molecule has 0 spiro atoms. The van der Waals surface area contributed by atoms with Crippen molar-refractivity contribution >= 4 is 51.9 Å². The lowest BCUT2D eigenvalue weighted by atomic mass is 9.41. The number of anilines is 5. The summed E-state index contributed by atoms with van der Waals surface area (Å²) in [5, 5.41) is 0. The van der Waals surface area contributed by atoms with E-state index in [4.69, 9.17) is 13.3 Å². The minimum Gasteiger partial charge on any atom is -0.474 e. The maximum Gasteiger partial charge on any atom is 0.338 e. The Morgan fingerprint density at radius 2 is 1.10 bits per heavy atom. The van der Waals surface area contributed by atoms with Gasteiger partial charge in [-0.05, 0) is 109 Å². The second kappa shape index (κ2) is 11.6. The van der Waals surface area contributed by atoms with Gasteiger partial charge in [0.25, 0.3) is 0 Å². The van der Waals surface area contributed by atoms with Gasteiger partial charge in [0.15, 0.2) is 0 Å². The molecule has 3 aliphatic heterocycles. The van der Waals surface area contributed by atoms with Gasteiger partial charge in [-0.3, -0.25) is 0 Å².